The van der Waals surface area contributed by atoms with Crippen molar-refractivity contribution >= 4 is 11.9 Å². The molecule has 0 aliphatic carbocycles. The van der Waals surface area contributed by atoms with E-state index in [4.69, 9.17) is 0 Å². The van der Waals surface area contributed by atoms with Gasteiger partial charge in [0.05, 0.1) is 0 Å². The fourth-order valence-electron chi connectivity index (χ4n) is 1.96. The highest BCUT2D eigenvalue weighted by atomic mass is 16.2. The predicted octanol–water partition coefficient (Wildman–Crippen LogP) is 1.05. The second-order valence-corrected chi connectivity index (χ2v) is 4.06. The zero-order valence-electron chi connectivity index (χ0n) is 9.66. The third-order valence-corrected chi connectivity index (χ3v) is 2.59. The molecule has 1 saturated heterocycles. The minimum Gasteiger partial charge on any atom is -0.340 e. The van der Waals surface area contributed by atoms with E-state index in [1.807, 2.05) is 26.0 Å². The van der Waals surface area contributed by atoms with E-state index in [9.17, 15) is 4.79 Å². The van der Waals surface area contributed by atoms with Crippen LogP contribution in [0.4, 0.5) is 0 Å². The summed E-state index contributed by atoms with van der Waals surface area (Å²) < 4.78 is 0. The first kappa shape index (κ1) is 10.7. The van der Waals surface area contributed by atoms with Crippen molar-refractivity contribution in [2.45, 2.75) is 19.9 Å². The van der Waals surface area contributed by atoms with Crippen LogP contribution >= 0.6 is 0 Å². The number of aryl methyl sites for hydroxylation is 2. The van der Waals surface area contributed by atoms with Crippen molar-refractivity contribution < 1.29 is 4.79 Å². The molecule has 1 unspecified atom stereocenters. The van der Waals surface area contributed by atoms with E-state index < -0.39 is 0 Å². The molecule has 0 saturated carbocycles. The Kier molecular flexibility index (Phi) is 2.64. The first-order valence-electron chi connectivity index (χ1n) is 5.22. The van der Waals surface area contributed by atoms with Gasteiger partial charge in [-0.3, -0.25) is 15.1 Å². The van der Waals surface area contributed by atoms with E-state index >= 15 is 0 Å². The second-order valence-electron chi connectivity index (χ2n) is 4.06. The highest BCUT2D eigenvalue weighted by Crippen LogP contribution is 2.19. The fraction of sp³-hybridized carbons (Fsp3) is 0.333. The minimum absolute atomic E-state index is 0.0504. The Hall–Kier alpha value is -1.84. The highest BCUT2D eigenvalue weighted by Gasteiger charge is 2.29. The van der Waals surface area contributed by atoms with Crippen molar-refractivity contribution in [3.63, 3.8) is 0 Å². The summed E-state index contributed by atoms with van der Waals surface area (Å²) in [6, 6.07) is 5.80. The van der Waals surface area contributed by atoms with Crippen LogP contribution in [-0.4, -0.2) is 18.9 Å². The largest absolute Gasteiger partial charge is 0.340 e. The van der Waals surface area contributed by atoms with E-state index in [2.05, 4.69) is 21.7 Å². The van der Waals surface area contributed by atoms with Crippen molar-refractivity contribution in [2.24, 2.45) is 4.99 Å². The summed E-state index contributed by atoms with van der Waals surface area (Å²) in [5.74, 6) is 0.486. The average molecular weight is 217 g/mol. The number of aliphatic imine (C=N–C) groups is 1. The van der Waals surface area contributed by atoms with Gasteiger partial charge >= 0.3 is 0 Å². The van der Waals surface area contributed by atoms with Crippen LogP contribution in [0.3, 0.4) is 0 Å². The average Bonchev–Trinajstić information content (AvgIpc) is 2.58. The molecule has 0 radical (unpaired) electrons. The van der Waals surface area contributed by atoms with Crippen molar-refractivity contribution in [1.29, 1.82) is 0 Å². The van der Waals surface area contributed by atoms with E-state index in [0.717, 1.165) is 16.7 Å². The van der Waals surface area contributed by atoms with E-state index in [1.54, 1.807) is 7.05 Å². The fourth-order valence-corrected chi connectivity index (χ4v) is 1.96. The number of benzene rings is 1. The maximum Gasteiger partial charge on any atom is 0.253 e. The van der Waals surface area contributed by atoms with Crippen LogP contribution in [-0.2, 0) is 4.79 Å². The second kappa shape index (κ2) is 3.96. The lowest BCUT2D eigenvalue weighted by atomic mass is 10.0. The van der Waals surface area contributed by atoms with Crippen LogP contribution in [0.15, 0.2) is 23.2 Å². The van der Waals surface area contributed by atoms with Crippen LogP contribution in [0.25, 0.3) is 0 Å². The molecule has 1 aromatic rings. The Labute approximate surface area is 94.8 Å². The topological polar surface area (TPSA) is 53.5 Å². The van der Waals surface area contributed by atoms with Crippen LogP contribution in [0.5, 0.6) is 0 Å². The van der Waals surface area contributed by atoms with Gasteiger partial charge < -0.3 is 5.32 Å². The molecule has 4 heteroatoms. The third-order valence-electron chi connectivity index (χ3n) is 2.59. The van der Waals surface area contributed by atoms with Crippen molar-refractivity contribution in [2.75, 3.05) is 7.05 Å². The number of carbonyl (C=O) groups excluding carboxylic acids is 1. The molecule has 1 aliphatic heterocycles. The SMILES string of the molecule is CN=C1NC(=O)C(c2cc(C)cc(C)c2)N1. The highest BCUT2D eigenvalue weighted by molar-refractivity contribution is 6.06. The number of amides is 1. The summed E-state index contributed by atoms with van der Waals surface area (Å²) in [7, 11) is 1.65. The number of carbonyl (C=O) groups is 1. The van der Waals surface area contributed by atoms with Crippen molar-refractivity contribution in [3.05, 3.63) is 34.9 Å². The van der Waals surface area contributed by atoms with E-state index in [0.29, 0.717) is 5.96 Å². The lowest BCUT2D eigenvalue weighted by molar-refractivity contribution is -0.120. The Morgan fingerprint density at radius 1 is 1.19 bits per heavy atom. The maximum atomic E-state index is 11.7. The molecule has 2 rings (SSSR count). The predicted molar refractivity (Wildman–Crippen MR) is 63.3 cm³/mol. The van der Waals surface area contributed by atoms with E-state index in [-0.39, 0.29) is 11.9 Å². The van der Waals surface area contributed by atoms with Crippen molar-refractivity contribution in [1.82, 2.24) is 10.6 Å². The van der Waals surface area contributed by atoms with Gasteiger partial charge in [-0.1, -0.05) is 29.3 Å². The summed E-state index contributed by atoms with van der Waals surface area (Å²) in [6.07, 6.45) is 0. The Balaban J connectivity index is 2.34. The Morgan fingerprint density at radius 3 is 2.31 bits per heavy atom. The summed E-state index contributed by atoms with van der Waals surface area (Å²) in [4.78, 5) is 15.6. The molecule has 1 fully saturated rings. The number of hydrogen-bond acceptors (Lipinski definition) is 2. The molecule has 1 atom stereocenters. The summed E-state index contributed by atoms with van der Waals surface area (Å²) >= 11 is 0. The Bertz CT molecular complexity index is 445. The lowest BCUT2D eigenvalue weighted by Gasteiger charge is -2.10. The summed E-state index contributed by atoms with van der Waals surface area (Å²) in [6.45, 7) is 4.05. The van der Waals surface area contributed by atoms with Gasteiger partial charge in [0, 0.05) is 7.05 Å². The minimum atomic E-state index is -0.322. The molecule has 1 aromatic carbocycles. The first-order valence-corrected chi connectivity index (χ1v) is 5.22. The monoisotopic (exact) mass is 217 g/mol. The zero-order chi connectivity index (χ0) is 11.7. The number of guanidine groups is 1. The van der Waals surface area contributed by atoms with Crippen LogP contribution in [0.2, 0.25) is 0 Å². The molecule has 1 aliphatic rings. The quantitative estimate of drug-likeness (QED) is 0.738. The lowest BCUT2D eigenvalue weighted by Crippen LogP contribution is -2.24. The molecule has 4 nitrogen and oxygen atoms in total. The zero-order valence-corrected chi connectivity index (χ0v) is 9.66. The number of hydrogen-bond donors (Lipinski definition) is 2. The van der Waals surface area contributed by atoms with Gasteiger partial charge in [0.15, 0.2) is 5.96 Å². The van der Waals surface area contributed by atoms with Crippen LogP contribution < -0.4 is 10.6 Å². The van der Waals surface area contributed by atoms with Crippen molar-refractivity contribution in [3.8, 4) is 0 Å². The molecule has 1 heterocycles. The van der Waals surface area contributed by atoms with Gasteiger partial charge in [0.25, 0.3) is 5.91 Å². The van der Waals surface area contributed by atoms with Gasteiger partial charge in [-0.15, -0.1) is 0 Å². The molecule has 1 amide bonds. The molecular weight excluding hydrogens is 202 g/mol. The standard InChI is InChI=1S/C12H15N3O/c1-7-4-8(2)6-9(5-7)10-11(16)15-12(13-3)14-10/h4-6,10H,1-3H3,(H2,13,14,15,16). The molecule has 0 spiro atoms. The van der Waals surface area contributed by atoms with Crippen LogP contribution in [0.1, 0.15) is 22.7 Å². The van der Waals surface area contributed by atoms with Gasteiger partial charge in [-0.05, 0) is 19.4 Å². The summed E-state index contributed by atoms with van der Waals surface area (Å²) in [5.41, 5.74) is 3.30. The molecule has 2 N–H and O–H groups in total. The van der Waals surface area contributed by atoms with Crippen LogP contribution in [0, 0.1) is 13.8 Å². The van der Waals surface area contributed by atoms with E-state index in [1.165, 1.54) is 0 Å². The third kappa shape index (κ3) is 1.91. The van der Waals surface area contributed by atoms with Gasteiger partial charge in [0.1, 0.15) is 6.04 Å². The number of nitrogens with zero attached hydrogens (tertiary/aromatic N) is 1. The molecule has 16 heavy (non-hydrogen) atoms. The smallest absolute Gasteiger partial charge is 0.253 e. The molecule has 0 aromatic heterocycles. The van der Waals surface area contributed by atoms with Gasteiger partial charge in [0.2, 0.25) is 0 Å². The molecular formula is C12H15N3O. The normalized spacial score (nSPS) is 22.1. The summed E-state index contributed by atoms with van der Waals surface area (Å²) in [5, 5.41) is 5.74. The van der Waals surface area contributed by atoms with Gasteiger partial charge in [-0.2, -0.15) is 0 Å². The Morgan fingerprint density at radius 2 is 1.81 bits per heavy atom. The first-order chi connectivity index (χ1) is 7.60. The number of nitrogens with one attached hydrogen (secondary N) is 2. The molecule has 84 valence electrons. The molecule has 0 bridgehead atoms. The van der Waals surface area contributed by atoms with Gasteiger partial charge in [-0.25, -0.2) is 0 Å². The number of rotatable bonds is 1. The maximum absolute atomic E-state index is 11.7.